The molecule has 0 aliphatic heterocycles. The van der Waals surface area contributed by atoms with E-state index >= 15 is 0 Å². The summed E-state index contributed by atoms with van der Waals surface area (Å²) in [5, 5.41) is 8.63. The highest BCUT2D eigenvalue weighted by molar-refractivity contribution is 5.92. The van der Waals surface area contributed by atoms with Crippen LogP contribution >= 0.6 is 0 Å². The second-order valence-electron chi connectivity index (χ2n) is 2.78. The molecule has 0 saturated heterocycles. The fourth-order valence-electron chi connectivity index (χ4n) is 0.931. The van der Waals surface area contributed by atoms with Gasteiger partial charge in [0.25, 0.3) is 5.91 Å². The van der Waals surface area contributed by atoms with Gasteiger partial charge in [-0.2, -0.15) is 0 Å². The van der Waals surface area contributed by atoms with Crippen molar-refractivity contribution < 1.29 is 9.90 Å². The first-order valence-corrected chi connectivity index (χ1v) is 4.09. The molecule has 1 heterocycles. The quantitative estimate of drug-likeness (QED) is 0.655. The first-order chi connectivity index (χ1) is 6.65. The second kappa shape index (κ2) is 4.52. The molecule has 1 aromatic rings. The topological polar surface area (TPSA) is 92.3 Å². The number of nitrogens with two attached hydrogens (primary N) is 1. The molecule has 3 N–H and O–H groups in total. The molecule has 0 radical (unpaired) electrons. The van der Waals surface area contributed by atoms with Crippen LogP contribution in [0.1, 0.15) is 10.5 Å². The first-order valence-electron chi connectivity index (χ1n) is 4.09. The van der Waals surface area contributed by atoms with E-state index in [9.17, 15) is 4.79 Å². The lowest BCUT2D eigenvalue weighted by atomic mass is 10.4. The van der Waals surface area contributed by atoms with E-state index in [4.69, 9.17) is 10.8 Å². The summed E-state index contributed by atoms with van der Waals surface area (Å²) >= 11 is 0. The van der Waals surface area contributed by atoms with E-state index < -0.39 is 0 Å². The van der Waals surface area contributed by atoms with Gasteiger partial charge in [0, 0.05) is 13.6 Å². The van der Waals surface area contributed by atoms with Gasteiger partial charge in [-0.25, -0.2) is 4.98 Å². The van der Waals surface area contributed by atoms with Crippen molar-refractivity contribution in [2.75, 3.05) is 25.9 Å². The average Bonchev–Trinajstić information content (AvgIpc) is 2.17. The second-order valence-corrected chi connectivity index (χ2v) is 2.78. The molecule has 0 bridgehead atoms. The highest BCUT2D eigenvalue weighted by Crippen LogP contribution is 2.00. The maximum Gasteiger partial charge on any atom is 0.273 e. The van der Waals surface area contributed by atoms with E-state index in [1.165, 1.54) is 17.3 Å². The van der Waals surface area contributed by atoms with Crippen LogP contribution in [0.5, 0.6) is 0 Å². The van der Waals surface area contributed by atoms with Crippen molar-refractivity contribution in [1.29, 1.82) is 0 Å². The Morgan fingerprint density at radius 3 is 2.93 bits per heavy atom. The van der Waals surface area contributed by atoms with Gasteiger partial charge in [-0.3, -0.25) is 9.78 Å². The maximum absolute atomic E-state index is 11.5. The van der Waals surface area contributed by atoms with Crippen LogP contribution in [0.3, 0.4) is 0 Å². The summed E-state index contributed by atoms with van der Waals surface area (Å²) < 4.78 is 0. The van der Waals surface area contributed by atoms with Gasteiger partial charge >= 0.3 is 0 Å². The molecule has 6 nitrogen and oxygen atoms in total. The van der Waals surface area contributed by atoms with E-state index in [1.54, 1.807) is 7.05 Å². The summed E-state index contributed by atoms with van der Waals surface area (Å²) in [4.78, 5) is 20.5. The molecule has 1 amide bonds. The van der Waals surface area contributed by atoms with Crippen molar-refractivity contribution in [3.63, 3.8) is 0 Å². The van der Waals surface area contributed by atoms with Gasteiger partial charge in [0.15, 0.2) is 0 Å². The van der Waals surface area contributed by atoms with Gasteiger partial charge in [-0.15, -0.1) is 0 Å². The molecule has 0 aromatic carbocycles. The lowest BCUT2D eigenvalue weighted by Crippen LogP contribution is -2.30. The van der Waals surface area contributed by atoms with Crippen LogP contribution in [0.15, 0.2) is 12.4 Å². The molecule has 0 spiro atoms. The van der Waals surface area contributed by atoms with Gasteiger partial charge in [0.2, 0.25) is 0 Å². The monoisotopic (exact) mass is 196 g/mol. The highest BCUT2D eigenvalue weighted by atomic mass is 16.3. The van der Waals surface area contributed by atoms with E-state index in [1.807, 2.05) is 0 Å². The van der Waals surface area contributed by atoms with Crippen LogP contribution in [0.25, 0.3) is 0 Å². The SMILES string of the molecule is CN(CCO)C(=O)c1cncc(N)n1. The van der Waals surface area contributed by atoms with E-state index in [2.05, 4.69) is 9.97 Å². The first kappa shape index (κ1) is 10.4. The number of nitrogen functional groups attached to an aromatic ring is 1. The summed E-state index contributed by atoms with van der Waals surface area (Å²) in [6.07, 6.45) is 2.70. The Morgan fingerprint density at radius 2 is 2.36 bits per heavy atom. The van der Waals surface area contributed by atoms with Crippen LogP contribution in [0.2, 0.25) is 0 Å². The zero-order valence-corrected chi connectivity index (χ0v) is 7.84. The third kappa shape index (κ3) is 2.40. The van der Waals surface area contributed by atoms with Crippen molar-refractivity contribution in [3.8, 4) is 0 Å². The molecule has 0 fully saturated rings. The molecule has 0 aliphatic carbocycles. The predicted octanol–water partition coefficient (Wildman–Crippen LogP) is -0.877. The Bertz CT molecular complexity index is 329. The molecule has 76 valence electrons. The number of likely N-dealkylation sites (N-methyl/N-ethyl adjacent to an activating group) is 1. The fourth-order valence-corrected chi connectivity index (χ4v) is 0.931. The third-order valence-corrected chi connectivity index (χ3v) is 1.65. The minimum absolute atomic E-state index is 0.0853. The van der Waals surface area contributed by atoms with Crippen molar-refractivity contribution in [2.45, 2.75) is 0 Å². The zero-order chi connectivity index (χ0) is 10.6. The highest BCUT2D eigenvalue weighted by Gasteiger charge is 2.12. The number of aromatic nitrogens is 2. The molecular formula is C8H12N4O2. The molecule has 14 heavy (non-hydrogen) atoms. The Hall–Kier alpha value is -1.69. The lowest BCUT2D eigenvalue weighted by Gasteiger charge is -2.14. The van der Waals surface area contributed by atoms with Crippen LogP contribution < -0.4 is 5.73 Å². The van der Waals surface area contributed by atoms with E-state index in [0.29, 0.717) is 0 Å². The van der Waals surface area contributed by atoms with Crippen LogP contribution in [0.4, 0.5) is 5.82 Å². The summed E-state index contributed by atoms with van der Waals surface area (Å²) in [6, 6.07) is 0. The summed E-state index contributed by atoms with van der Waals surface area (Å²) in [7, 11) is 1.57. The molecule has 6 heteroatoms. The number of aliphatic hydroxyl groups is 1. The normalized spacial score (nSPS) is 9.86. The van der Waals surface area contributed by atoms with E-state index in [0.717, 1.165) is 0 Å². The minimum atomic E-state index is -0.307. The zero-order valence-electron chi connectivity index (χ0n) is 7.84. The molecule has 1 aromatic heterocycles. The summed E-state index contributed by atoms with van der Waals surface area (Å²) in [6.45, 7) is 0.174. The average molecular weight is 196 g/mol. The minimum Gasteiger partial charge on any atom is -0.395 e. The molecule has 0 atom stereocenters. The van der Waals surface area contributed by atoms with Gasteiger partial charge in [0.1, 0.15) is 11.5 Å². The largest absolute Gasteiger partial charge is 0.395 e. The van der Waals surface area contributed by atoms with Crippen LogP contribution in [0, 0.1) is 0 Å². The number of hydrogen-bond donors (Lipinski definition) is 2. The number of hydrogen-bond acceptors (Lipinski definition) is 5. The number of rotatable bonds is 3. The van der Waals surface area contributed by atoms with Crippen molar-refractivity contribution in [3.05, 3.63) is 18.1 Å². The molecular weight excluding hydrogens is 184 g/mol. The number of carbonyl (C=O) groups is 1. The van der Waals surface area contributed by atoms with Crippen molar-refractivity contribution in [2.24, 2.45) is 0 Å². The maximum atomic E-state index is 11.5. The van der Waals surface area contributed by atoms with Crippen LogP contribution in [-0.4, -0.2) is 46.1 Å². The Morgan fingerprint density at radius 1 is 1.64 bits per heavy atom. The molecule has 0 saturated carbocycles. The number of anilines is 1. The van der Waals surface area contributed by atoms with Gasteiger partial charge in [-0.05, 0) is 0 Å². The third-order valence-electron chi connectivity index (χ3n) is 1.65. The number of amides is 1. The summed E-state index contributed by atoms with van der Waals surface area (Å²) in [5.74, 6) is -0.105. The predicted molar refractivity (Wildman–Crippen MR) is 50.5 cm³/mol. The molecule has 0 unspecified atom stereocenters. The van der Waals surface area contributed by atoms with Crippen molar-refractivity contribution >= 4 is 11.7 Å². The molecule has 0 aliphatic rings. The fraction of sp³-hybridized carbons (Fsp3) is 0.375. The number of nitrogens with zero attached hydrogens (tertiary/aromatic N) is 3. The van der Waals surface area contributed by atoms with Gasteiger partial charge in [-0.1, -0.05) is 0 Å². The van der Waals surface area contributed by atoms with Gasteiger partial charge in [0.05, 0.1) is 19.0 Å². The Labute approximate surface area is 81.4 Å². The van der Waals surface area contributed by atoms with Crippen LogP contribution in [-0.2, 0) is 0 Å². The lowest BCUT2D eigenvalue weighted by molar-refractivity contribution is 0.0761. The standard InChI is InChI=1S/C8H12N4O2/c1-12(2-3-13)8(14)6-4-10-5-7(9)11-6/h4-5,13H,2-3H2,1H3,(H2,9,11). The number of aliphatic hydroxyl groups excluding tert-OH is 1. The Balaban J connectivity index is 2.78. The van der Waals surface area contributed by atoms with Crippen molar-refractivity contribution in [1.82, 2.24) is 14.9 Å². The Kier molecular flexibility index (Phi) is 3.35. The summed E-state index contributed by atoms with van der Waals surface area (Å²) in [5.41, 5.74) is 5.56. The van der Waals surface area contributed by atoms with E-state index in [-0.39, 0.29) is 30.6 Å². The molecule has 1 rings (SSSR count). The number of carbonyl (C=O) groups excluding carboxylic acids is 1. The smallest absolute Gasteiger partial charge is 0.273 e. The van der Waals surface area contributed by atoms with Gasteiger partial charge < -0.3 is 15.7 Å².